The summed E-state index contributed by atoms with van der Waals surface area (Å²) < 4.78 is 0. The zero-order valence-corrected chi connectivity index (χ0v) is 8.13. The molecule has 4 heteroatoms. The van der Waals surface area contributed by atoms with Crippen molar-refractivity contribution in [1.29, 1.82) is 5.26 Å². The maximum atomic E-state index is 11.0. The number of amides is 1. The van der Waals surface area contributed by atoms with Crippen LogP contribution in [0.25, 0.3) is 0 Å². The van der Waals surface area contributed by atoms with Gasteiger partial charge in [0.25, 0.3) is 0 Å². The van der Waals surface area contributed by atoms with E-state index < -0.39 is 5.54 Å². The van der Waals surface area contributed by atoms with Gasteiger partial charge >= 0.3 is 0 Å². The van der Waals surface area contributed by atoms with Gasteiger partial charge in [0.05, 0.1) is 6.07 Å². The van der Waals surface area contributed by atoms with E-state index in [9.17, 15) is 4.79 Å². The number of nitrogens with one attached hydrogen (secondary N) is 1. The third-order valence-electron chi connectivity index (χ3n) is 2.38. The Morgan fingerprint density at radius 2 is 2.23 bits per heavy atom. The predicted molar refractivity (Wildman–Crippen MR) is 48.9 cm³/mol. The van der Waals surface area contributed by atoms with Crippen molar-refractivity contribution in [2.45, 2.75) is 25.8 Å². The quantitative estimate of drug-likeness (QED) is 0.624. The lowest BCUT2D eigenvalue weighted by molar-refractivity contribution is -0.120. The van der Waals surface area contributed by atoms with Crippen LogP contribution in [-0.2, 0) is 4.79 Å². The van der Waals surface area contributed by atoms with Gasteiger partial charge in [0.1, 0.15) is 5.54 Å². The summed E-state index contributed by atoms with van der Waals surface area (Å²) in [6.45, 7) is 5.83. The zero-order valence-electron chi connectivity index (χ0n) is 8.13. The fourth-order valence-electron chi connectivity index (χ4n) is 1.40. The Balaban J connectivity index is 2.62. The van der Waals surface area contributed by atoms with E-state index in [2.05, 4.69) is 11.4 Å². The molecule has 1 rings (SSSR count). The molecule has 0 saturated carbocycles. The molecule has 0 aromatic rings. The molecule has 0 aromatic carbocycles. The summed E-state index contributed by atoms with van der Waals surface area (Å²) in [7, 11) is 0. The van der Waals surface area contributed by atoms with Gasteiger partial charge in [-0.3, -0.25) is 9.69 Å². The minimum absolute atomic E-state index is 0.0799. The molecule has 1 N–H and O–H groups in total. The van der Waals surface area contributed by atoms with Crippen molar-refractivity contribution in [1.82, 2.24) is 10.2 Å². The SMILES string of the molecule is CC(C)(C#N)N1CCNC(=O)CC1. The van der Waals surface area contributed by atoms with Crippen molar-refractivity contribution in [2.75, 3.05) is 19.6 Å². The van der Waals surface area contributed by atoms with Crippen LogP contribution in [-0.4, -0.2) is 36.0 Å². The molecule has 1 amide bonds. The highest BCUT2D eigenvalue weighted by Gasteiger charge is 2.27. The minimum atomic E-state index is -0.466. The van der Waals surface area contributed by atoms with Crippen LogP contribution in [0.5, 0.6) is 0 Å². The van der Waals surface area contributed by atoms with Crippen LogP contribution in [0.3, 0.4) is 0 Å². The van der Waals surface area contributed by atoms with Crippen LogP contribution in [0.4, 0.5) is 0 Å². The van der Waals surface area contributed by atoms with Crippen LogP contribution in [0.2, 0.25) is 0 Å². The summed E-state index contributed by atoms with van der Waals surface area (Å²) in [5.74, 6) is 0.0799. The molecule has 1 aliphatic rings. The van der Waals surface area contributed by atoms with Crippen LogP contribution in [0.1, 0.15) is 20.3 Å². The van der Waals surface area contributed by atoms with E-state index in [1.807, 2.05) is 18.7 Å². The number of rotatable bonds is 1. The van der Waals surface area contributed by atoms with E-state index in [0.29, 0.717) is 19.5 Å². The van der Waals surface area contributed by atoms with Crippen LogP contribution < -0.4 is 5.32 Å². The molecule has 0 atom stereocenters. The van der Waals surface area contributed by atoms with Crippen LogP contribution >= 0.6 is 0 Å². The molecule has 0 unspecified atom stereocenters. The summed E-state index contributed by atoms with van der Waals surface area (Å²) in [4.78, 5) is 13.1. The second-order valence-electron chi connectivity index (χ2n) is 3.76. The van der Waals surface area contributed by atoms with Gasteiger partial charge in [-0.1, -0.05) is 0 Å². The van der Waals surface area contributed by atoms with Gasteiger partial charge in [-0.05, 0) is 13.8 Å². The predicted octanol–water partition coefficient (Wildman–Crippen LogP) is 0.110. The standard InChI is InChI=1S/C9H15N3O/c1-9(2,7-10)12-5-3-8(13)11-4-6-12/h3-6H2,1-2H3,(H,11,13). The first kappa shape index (κ1) is 10.0. The Bertz CT molecular complexity index is 242. The lowest BCUT2D eigenvalue weighted by atomic mass is 10.1. The highest BCUT2D eigenvalue weighted by Crippen LogP contribution is 2.13. The van der Waals surface area contributed by atoms with Crippen molar-refractivity contribution >= 4 is 5.91 Å². The van der Waals surface area contributed by atoms with Crippen molar-refractivity contribution in [3.05, 3.63) is 0 Å². The molecule has 0 aliphatic carbocycles. The molecule has 0 spiro atoms. The van der Waals surface area contributed by atoms with E-state index in [4.69, 9.17) is 5.26 Å². The molecule has 4 nitrogen and oxygen atoms in total. The first-order chi connectivity index (χ1) is 6.06. The van der Waals surface area contributed by atoms with E-state index in [1.165, 1.54) is 0 Å². The Morgan fingerprint density at radius 1 is 1.54 bits per heavy atom. The summed E-state index contributed by atoms with van der Waals surface area (Å²) in [6.07, 6.45) is 0.491. The molecule has 0 radical (unpaired) electrons. The van der Waals surface area contributed by atoms with Gasteiger partial charge in [-0.25, -0.2) is 0 Å². The smallest absolute Gasteiger partial charge is 0.221 e. The molecular weight excluding hydrogens is 166 g/mol. The maximum absolute atomic E-state index is 11.0. The van der Waals surface area contributed by atoms with Gasteiger partial charge in [0, 0.05) is 26.1 Å². The second kappa shape index (κ2) is 3.75. The van der Waals surface area contributed by atoms with Crippen molar-refractivity contribution < 1.29 is 4.79 Å². The molecule has 13 heavy (non-hydrogen) atoms. The van der Waals surface area contributed by atoms with Gasteiger partial charge in [0.2, 0.25) is 5.91 Å². The van der Waals surface area contributed by atoms with E-state index in [-0.39, 0.29) is 5.91 Å². The van der Waals surface area contributed by atoms with Crippen LogP contribution in [0, 0.1) is 11.3 Å². The van der Waals surface area contributed by atoms with Gasteiger partial charge in [-0.15, -0.1) is 0 Å². The Labute approximate surface area is 78.5 Å². The molecule has 1 aliphatic heterocycles. The molecule has 0 aromatic heterocycles. The van der Waals surface area contributed by atoms with Gasteiger partial charge in [-0.2, -0.15) is 5.26 Å². The van der Waals surface area contributed by atoms with E-state index in [1.54, 1.807) is 0 Å². The maximum Gasteiger partial charge on any atom is 0.221 e. The molecule has 1 heterocycles. The molecule has 1 saturated heterocycles. The lowest BCUT2D eigenvalue weighted by Crippen LogP contribution is -2.44. The fraction of sp³-hybridized carbons (Fsp3) is 0.778. The monoisotopic (exact) mass is 181 g/mol. The summed E-state index contributed by atoms with van der Waals surface area (Å²) in [5, 5.41) is 11.7. The van der Waals surface area contributed by atoms with E-state index >= 15 is 0 Å². The average molecular weight is 181 g/mol. The highest BCUT2D eigenvalue weighted by atomic mass is 16.1. The Morgan fingerprint density at radius 3 is 2.85 bits per heavy atom. The first-order valence-corrected chi connectivity index (χ1v) is 4.49. The summed E-state index contributed by atoms with van der Waals surface area (Å²) in [5.41, 5.74) is -0.466. The molecule has 72 valence electrons. The molecular formula is C9H15N3O. The van der Waals surface area contributed by atoms with E-state index in [0.717, 1.165) is 6.54 Å². The number of hydrogen-bond donors (Lipinski definition) is 1. The largest absolute Gasteiger partial charge is 0.355 e. The second-order valence-corrected chi connectivity index (χ2v) is 3.76. The number of carbonyl (C=O) groups is 1. The molecule has 1 fully saturated rings. The van der Waals surface area contributed by atoms with Gasteiger partial charge < -0.3 is 5.32 Å². The summed E-state index contributed by atoms with van der Waals surface area (Å²) in [6, 6.07) is 2.24. The minimum Gasteiger partial charge on any atom is -0.355 e. The Hall–Kier alpha value is -1.08. The zero-order chi connectivity index (χ0) is 9.90. The lowest BCUT2D eigenvalue weighted by Gasteiger charge is -2.30. The third kappa shape index (κ3) is 2.43. The van der Waals surface area contributed by atoms with Gasteiger partial charge in [0.15, 0.2) is 0 Å². The normalized spacial score (nSPS) is 20.2. The van der Waals surface area contributed by atoms with Crippen molar-refractivity contribution in [2.24, 2.45) is 0 Å². The van der Waals surface area contributed by atoms with Crippen molar-refractivity contribution in [3.63, 3.8) is 0 Å². The average Bonchev–Trinajstić information content (AvgIpc) is 2.30. The third-order valence-corrected chi connectivity index (χ3v) is 2.38. The first-order valence-electron chi connectivity index (χ1n) is 4.49. The number of hydrogen-bond acceptors (Lipinski definition) is 3. The Kier molecular flexibility index (Phi) is 2.89. The van der Waals surface area contributed by atoms with Crippen LogP contribution in [0.15, 0.2) is 0 Å². The topological polar surface area (TPSA) is 56.1 Å². The number of carbonyl (C=O) groups excluding carboxylic acids is 1. The van der Waals surface area contributed by atoms with Crippen molar-refractivity contribution in [3.8, 4) is 6.07 Å². The number of nitrogens with zero attached hydrogens (tertiary/aromatic N) is 2. The molecule has 0 bridgehead atoms. The fourth-order valence-corrected chi connectivity index (χ4v) is 1.40. The number of nitriles is 1. The highest BCUT2D eigenvalue weighted by molar-refractivity contribution is 5.76. The summed E-state index contributed by atoms with van der Waals surface area (Å²) >= 11 is 0.